The molecule has 0 amide bonds. The number of fused-ring (bicyclic) bond motifs is 2. The molecule has 8 heteroatoms. The van der Waals surface area contributed by atoms with Crippen LogP contribution in [0.2, 0.25) is 0 Å². The van der Waals surface area contributed by atoms with Crippen molar-refractivity contribution in [3.63, 3.8) is 0 Å². The van der Waals surface area contributed by atoms with Crippen molar-refractivity contribution in [3.05, 3.63) is 47.9 Å². The highest BCUT2D eigenvalue weighted by Gasteiger charge is 2.35. The van der Waals surface area contributed by atoms with Crippen molar-refractivity contribution in [2.75, 3.05) is 6.54 Å². The lowest BCUT2D eigenvalue weighted by molar-refractivity contribution is -0.141. The second-order valence-electron chi connectivity index (χ2n) is 5.70. The molecule has 0 saturated heterocycles. The number of alkyl halides is 3. The largest absolute Gasteiger partial charge is 0.434 e. The van der Waals surface area contributed by atoms with Crippen LogP contribution in [0.5, 0.6) is 0 Å². The fourth-order valence-electron chi connectivity index (χ4n) is 2.93. The van der Waals surface area contributed by atoms with Crippen LogP contribution in [-0.2, 0) is 25.8 Å². The average molecular weight is 321 g/mol. The first kappa shape index (κ1) is 14.3. The molecule has 120 valence electrons. The van der Waals surface area contributed by atoms with E-state index in [-0.39, 0.29) is 0 Å². The molecule has 0 aromatic carbocycles. The van der Waals surface area contributed by atoms with Crippen LogP contribution in [0.15, 0.2) is 30.7 Å². The first-order chi connectivity index (χ1) is 11.0. The molecular formula is C15H14F3N5. The quantitative estimate of drug-likeness (QED) is 0.789. The maximum absolute atomic E-state index is 12.7. The normalized spacial score (nSPS) is 16.0. The number of imidazole rings is 1. The summed E-state index contributed by atoms with van der Waals surface area (Å²) in [6.45, 7) is 2.25. The smallest absolute Gasteiger partial charge is 0.357 e. The number of nitrogens with one attached hydrogen (secondary N) is 1. The molecule has 0 aliphatic carbocycles. The number of halogens is 3. The molecule has 0 atom stereocenters. The van der Waals surface area contributed by atoms with E-state index >= 15 is 0 Å². The van der Waals surface area contributed by atoms with Crippen LogP contribution < -0.4 is 0 Å². The Balaban J connectivity index is 1.52. The fourth-order valence-corrected chi connectivity index (χ4v) is 2.93. The standard InChI is InChI=1S/C15H14F3N5/c16-15(17,18)13-8-23-4-3-22(9-14(23)21-13)7-11-5-10-6-19-2-1-12(10)20-11/h1-2,5-6,8,20H,3-4,7,9H2. The van der Waals surface area contributed by atoms with Crippen molar-refractivity contribution in [1.82, 2.24) is 24.4 Å². The maximum atomic E-state index is 12.7. The van der Waals surface area contributed by atoms with Gasteiger partial charge in [0.05, 0.1) is 6.54 Å². The highest BCUT2D eigenvalue weighted by molar-refractivity contribution is 5.79. The Hall–Kier alpha value is -2.35. The molecular weight excluding hydrogens is 307 g/mol. The summed E-state index contributed by atoms with van der Waals surface area (Å²) in [6, 6.07) is 3.92. The number of rotatable bonds is 2. The third-order valence-electron chi connectivity index (χ3n) is 4.04. The third-order valence-corrected chi connectivity index (χ3v) is 4.04. The molecule has 0 unspecified atom stereocenters. The fraction of sp³-hybridized carbons (Fsp3) is 0.333. The van der Waals surface area contributed by atoms with E-state index in [4.69, 9.17) is 0 Å². The molecule has 0 fully saturated rings. The van der Waals surface area contributed by atoms with Crippen molar-refractivity contribution in [2.24, 2.45) is 0 Å². The van der Waals surface area contributed by atoms with Crippen LogP contribution >= 0.6 is 0 Å². The summed E-state index contributed by atoms with van der Waals surface area (Å²) in [5.74, 6) is 0.460. The first-order valence-electron chi connectivity index (χ1n) is 7.26. The van der Waals surface area contributed by atoms with Gasteiger partial charge >= 0.3 is 6.18 Å². The van der Waals surface area contributed by atoms with E-state index in [1.54, 1.807) is 17.0 Å². The zero-order chi connectivity index (χ0) is 16.0. The van der Waals surface area contributed by atoms with Crippen LogP contribution in [0.25, 0.3) is 10.9 Å². The van der Waals surface area contributed by atoms with Crippen LogP contribution in [0.3, 0.4) is 0 Å². The SMILES string of the molecule is FC(F)(F)c1cn2c(n1)CN(Cc1cc3cnccc3[nH]1)CC2. The molecule has 23 heavy (non-hydrogen) atoms. The Morgan fingerprint density at radius 2 is 2.13 bits per heavy atom. The molecule has 5 nitrogen and oxygen atoms in total. The second-order valence-corrected chi connectivity index (χ2v) is 5.70. The molecule has 4 rings (SSSR count). The van der Waals surface area contributed by atoms with E-state index in [0.717, 1.165) is 22.8 Å². The number of hydrogen-bond donors (Lipinski definition) is 1. The van der Waals surface area contributed by atoms with Crippen LogP contribution in [0, 0.1) is 0 Å². The molecule has 3 aromatic heterocycles. The lowest BCUT2D eigenvalue weighted by Crippen LogP contribution is -2.33. The second kappa shape index (κ2) is 5.09. The van der Waals surface area contributed by atoms with Crippen molar-refractivity contribution in [3.8, 4) is 0 Å². The first-order valence-corrected chi connectivity index (χ1v) is 7.26. The van der Waals surface area contributed by atoms with Gasteiger partial charge in [0.2, 0.25) is 0 Å². The van der Waals surface area contributed by atoms with Gasteiger partial charge in [-0.2, -0.15) is 13.2 Å². The highest BCUT2D eigenvalue weighted by atomic mass is 19.4. The van der Waals surface area contributed by atoms with Crippen LogP contribution in [-0.4, -0.2) is 31.0 Å². The summed E-state index contributed by atoms with van der Waals surface area (Å²) in [5.41, 5.74) is 1.21. The highest BCUT2D eigenvalue weighted by Crippen LogP contribution is 2.29. The minimum absolute atomic E-state index is 0.406. The van der Waals surface area contributed by atoms with E-state index in [1.165, 1.54) is 0 Å². The Bertz CT molecular complexity index is 815. The molecule has 1 aliphatic rings. The molecule has 1 N–H and O–H groups in total. The van der Waals surface area contributed by atoms with Gasteiger partial charge in [-0.3, -0.25) is 9.88 Å². The zero-order valence-electron chi connectivity index (χ0n) is 12.1. The average Bonchev–Trinajstić information content (AvgIpc) is 3.09. The van der Waals surface area contributed by atoms with Crippen molar-refractivity contribution in [1.29, 1.82) is 0 Å². The van der Waals surface area contributed by atoms with Gasteiger partial charge in [0.1, 0.15) is 5.82 Å². The molecule has 1 aliphatic heterocycles. The molecule has 3 aromatic rings. The number of pyridine rings is 1. The van der Waals surface area contributed by atoms with Crippen molar-refractivity contribution < 1.29 is 13.2 Å². The Labute approximate surface area is 129 Å². The molecule has 0 radical (unpaired) electrons. The molecule has 0 spiro atoms. The third kappa shape index (κ3) is 2.70. The van der Waals surface area contributed by atoms with Gasteiger partial charge in [0.25, 0.3) is 0 Å². The van der Waals surface area contributed by atoms with Gasteiger partial charge in [0, 0.05) is 54.8 Å². The predicted molar refractivity (Wildman–Crippen MR) is 77.4 cm³/mol. The van der Waals surface area contributed by atoms with Crippen LogP contribution in [0.4, 0.5) is 13.2 Å². The van der Waals surface area contributed by atoms with Crippen LogP contribution in [0.1, 0.15) is 17.2 Å². The topological polar surface area (TPSA) is 49.7 Å². The maximum Gasteiger partial charge on any atom is 0.434 e. The number of hydrogen-bond acceptors (Lipinski definition) is 3. The summed E-state index contributed by atoms with van der Waals surface area (Å²) in [7, 11) is 0. The lowest BCUT2D eigenvalue weighted by atomic mass is 10.3. The Morgan fingerprint density at radius 3 is 2.91 bits per heavy atom. The lowest BCUT2D eigenvalue weighted by Gasteiger charge is -2.26. The minimum Gasteiger partial charge on any atom is -0.357 e. The molecule has 0 saturated carbocycles. The molecule has 4 heterocycles. The van der Waals surface area contributed by atoms with Crippen molar-refractivity contribution in [2.45, 2.75) is 25.8 Å². The molecule has 0 bridgehead atoms. The van der Waals surface area contributed by atoms with E-state index < -0.39 is 11.9 Å². The van der Waals surface area contributed by atoms with E-state index in [0.29, 0.717) is 32.0 Å². The van der Waals surface area contributed by atoms with Gasteiger partial charge < -0.3 is 9.55 Å². The Kier molecular flexibility index (Phi) is 3.15. The zero-order valence-corrected chi connectivity index (χ0v) is 12.1. The monoisotopic (exact) mass is 321 g/mol. The van der Waals surface area contributed by atoms with Gasteiger partial charge in [-0.05, 0) is 12.1 Å². The number of aromatic amines is 1. The summed E-state index contributed by atoms with van der Waals surface area (Å²) in [5, 5.41) is 1.03. The predicted octanol–water partition coefficient (Wildman–Crippen LogP) is 2.79. The van der Waals surface area contributed by atoms with Gasteiger partial charge in [-0.15, -0.1) is 0 Å². The van der Waals surface area contributed by atoms with E-state index in [1.807, 2.05) is 12.1 Å². The number of aromatic nitrogens is 4. The van der Waals surface area contributed by atoms with E-state index in [2.05, 4.69) is 19.9 Å². The summed E-state index contributed by atoms with van der Waals surface area (Å²) in [6.07, 6.45) is 0.216. The minimum atomic E-state index is -4.39. The van der Waals surface area contributed by atoms with Gasteiger partial charge in [-0.1, -0.05) is 0 Å². The Morgan fingerprint density at radius 1 is 1.26 bits per heavy atom. The van der Waals surface area contributed by atoms with E-state index in [9.17, 15) is 13.2 Å². The summed E-state index contributed by atoms with van der Waals surface area (Å²) in [4.78, 5) is 13.2. The van der Waals surface area contributed by atoms with Gasteiger partial charge in [0.15, 0.2) is 5.69 Å². The number of nitrogens with zero attached hydrogens (tertiary/aromatic N) is 4. The van der Waals surface area contributed by atoms with Crippen molar-refractivity contribution >= 4 is 10.9 Å². The summed E-state index contributed by atoms with van der Waals surface area (Å²) < 4.78 is 39.8. The number of H-pyrrole nitrogens is 1. The van der Waals surface area contributed by atoms with Gasteiger partial charge in [-0.25, -0.2) is 4.98 Å². The summed E-state index contributed by atoms with van der Waals surface area (Å²) >= 11 is 0.